The minimum Gasteiger partial charge on any atom is -0.493 e. The standard InChI is InChI=1S/C25H21FN4O2/c1-15-10-11-17(32-15)13-21-25(31)30-14-22(18-8-5-9-19(27)23(18)26)28-20(24(30)29-21)12-16-6-3-2-4-7-16/h2-11,14,31H,12-13,27H2,1H3. The van der Waals surface area contributed by atoms with Gasteiger partial charge in [0.15, 0.2) is 11.5 Å². The lowest BCUT2D eigenvalue weighted by Gasteiger charge is -2.10. The van der Waals surface area contributed by atoms with E-state index in [4.69, 9.17) is 15.1 Å². The van der Waals surface area contributed by atoms with Gasteiger partial charge in [-0.05, 0) is 36.8 Å². The van der Waals surface area contributed by atoms with Crippen molar-refractivity contribution in [2.24, 2.45) is 0 Å². The van der Waals surface area contributed by atoms with E-state index in [2.05, 4.69) is 4.98 Å². The minimum atomic E-state index is -0.545. The highest BCUT2D eigenvalue weighted by molar-refractivity contribution is 5.67. The predicted octanol–water partition coefficient (Wildman–Crippen LogP) is 4.91. The van der Waals surface area contributed by atoms with E-state index in [9.17, 15) is 9.50 Å². The zero-order valence-electron chi connectivity index (χ0n) is 17.4. The third kappa shape index (κ3) is 3.58. The number of aromatic nitrogens is 3. The summed E-state index contributed by atoms with van der Waals surface area (Å²) in [6.07, 6.45) is 2.38. The number of benzene rings is 2. The fourth-order valence-electron chi connectivity index (χ4n) is 3.79. The van der Waals surface area contributed by atoms with E-state index in [1.165, 1.54) is 6.07 Å². The summed E-state index contributed by atoms with van der Waals surface area (Å²) in [5, 5.41) is 11.0. The van der Waals surface area contributed by atoms with Gasteiger partial charge in [-0.3, -0.25) is 4.40 Å². The Kier molecular flexibility index (Phi) is 4.86. The molecule has 0 amide bonds. The smallest absolute Gasteiger partial charge is 0.219 e. The highest BCUT2D eigenvalue weighted by Crippen LogP contribution is 2.30. The molecule has 0 saturated carbocycles. The van der Waals surface area contributed by atoms with E-state index in [0.29, 0.717) is 41.3 Å². The molecule has 0 radical (unpaired) electrons. The third-order valence-electron chi connectivity index (χ3n) is 5.38. The molecule has 0 unspecified atom stereocenters. The van der Waals surface area contributed by atoms with Crippen molar-refractivity contribution in [3.8, 4) is 17.1 Å². The number of imidazole rings is 1. The molecule has 0 aliphatic carbocycles. The minimum absolute atomic E-state index is 0.0312. The SMILES string of the molecule is Cc1ccc(Cc2nc3c(Cc4ccccc4)nc(-c4cccc(N)c4F)cn3c2O)o1. The van der Waals surface area contributed by atoms with Crippen LogP contribution >= 0.6 is 0 Å². The van der Waals surface area contributed by atoms with E-state index < -0.39 is 5.82 Å². The molecule has 160 valence electrons. The van der Waals surface area contributed by atoms with Crippen LogP contribution in [-0.2, 0) is 12.8 Å². The van der Waals surface area contributed by atoms with E-state index >= 15 is 0 Å². The largest absolute Gasteiger partial charge is 0.493 e. The fraction of sp³-hybridized carbons (Fsp3) is 0.120. The molecule has 0 spiro atoms. The van der Waals surface area contributed by atoms with Crippen LogP contribution in [0.1, 0.15) is 28.5 Å². The van der Waals surface area contributed by atoms with E-state index in [1.54, 1.807) is 22.7 Å². The van der Waals surface area contributed by atoms with E-state index in [1.807, 2.05) is 49.4 Å². The predicted molar refractivity (Wildman–Crippen MR) is 120 cm³/mol. The maximum atomic E-state index is 14.8. The van der Waals surface area contributed by atoms with Crippen LogP contribution in [0.4, 0.5) is 10.1 Å². The number of halogens is 1. The Hall–Kier alpha value is -4.13. The zero-order valence-corrected chi connectivity index (χ0v) is 17.4. The molecule has 0 saturated heterocycles. The Morgan fingerprint density at radius 2 is 1.78 bits per heavy atom. The molecule has 0 aliphatic heterocycles. The highest BCUT2D eigenvalue weighted by Gasteiger charge is 2.20. The maximum Gasteiger partial charge on any atom is 0.219 e. The molecule has 7 heteroatoms. The van der Waals surface area contributed by atoms with Gasteiger partial charge in [0, 0.05) is 18.2 Å². The second kappa shape index (κ2) is 7.85. The molecule has 32 heavy (non-hydrogen) atoms. The summed E-state index contributed by atoms with van der Waals surface area (Å²) in [6.45, 7) is 1.86. The van der Waals surface area contributed by atoms with Crippen LogP contribution in [0.3, 0.4) is 0 Å². The van der Waals surface area contributed by atoms with Crippen molar-refractivity contribution in [2.45, 2.75) is 19.8 Å². The summed E-state index contributed by atoms with van der Waals surface area (Å²) < 4.78 is 22.0. The van der Waals surface area contributed by atoms with Crippen LogP contribution in [0.5, 0.6) is 5.88 Å². The first-order chi connectivity index (χ1) is 15.5. The lowest BCUT2D eigenvalue weighted by molar-refractivity contribution is 0.436. The molecule has 3 aromatic heterocycles. The van der Waals surface area contributed by atoms with Crippen molar-refractivity contribution in [3.05, 3.63) is 101 Å². The average Bonchev–Trinajstić information content (AvgIpc) is 3.34. The average molecular weight is 428 g/mol. The number of anilines is 1. The lowest BCUT2D eigenvalue weighted by atomic mass is 10.1. The Morgan fingerprint density at radius 1 is 0.969 bits per heavy atom. The molecular weight excluding hydrogens is 407 g/mol. The number of nitrogen functional groups attached to an aromatic ring is 1. The van der Waals surface area contributed by atoms with Crippen molar-refractivity contribution >= 4 is 11.3 Å². The fourth-order valence-corrected chi connectivity index (χ4v) is 3.79. The first-order valence-electron chi connectivity index (χ1n) is 10.2. The second-order valence-corrected chi connectivity index (χ2v) is 7.71. The van der Waals surface area contributed by atoms with Crippen LogP contribution < -0.4 is 5.73 Å². The molecule has 3 N–H and O–H groups in total. The Labute approximate surface area is 183 Å². The first-order valence-corrected chi connectivity index (χ1v) is 10.2. The molecule has 0 atom stereocenters. The van der Waals surface area contributed by atoms with E-state index in [-0.39, 0.29) is 17.1 Å². The van der Waals surface area contributed by atoms with Gasteiger partial charge in [0.1, 0.15) is 17.2 Å². The van der Waals surface area contributed by atoms with Crippen LogP contribution in [-0.4, -0.2) is 19.5 Å². The van der Waals surface area contributed by atoms with Crippen molar-refractivity contribution < 1.29 is 13.9 Å². The summed E-state index contributed by atoms with van der Waals surface area (Å²) in [6, 6.07) is 18.3. The Balaban J connectivity index is 1.68. The topological polar surface area (TPSA) is 89.6 Å². The van der Waals surface area contributed by atoms with Gasteiger partial charge in [0.05, 0.1) is 23.5 Å². The molecule has 6 nitrogen and oxygen atoms in total. The van der Waals surface area contributed by atoms with E-state index in [0.717, 1.165) is 11.3 Å². The maximum absolute atomic E-state index is 14.8. The molecule has 0 bridgehead atoms. The number of furan rings is 1. The Bertz CT molecular complexity index is 1420. The number of nitrogens with two attached hydrogens (primary N) is 1. The van der Waals surface area contributed by atoms with Gasteiger partial charge < -0.3 is 15.3 Å². The molecule has 0 fully saturated rings. The molecule has 5 rings (SSSR count). The number of nitrogens with zero attached hydrogens (tertiary/aromatic N) is 3. The number of rotatable bonds is 5. The molecule has 3 heterocycles. The van der Waals surface area contributed by atoms with Gasteiger partial charge in [-0.2, -0.15) is 0 Å². The second-order valence-electron chi connectivity index (χ2n) is 7.71. The number of hydrogen-bond acceptors (Lipinski definition) is 5. The van der Waals surface area contributed by atoms with Crippen molar-refractivity contribution in [1.29, 1.82) is 0 Å². The quantitative estimate of drug-likeness (QED) is 0.389. The van der Waals surface area contributed by atoms with Crippen molar-refractivity contribution in [2.75, 3.05) is 5.73 Å². The summed E-state index contributed by atoms with van der Waals surface area (Å²) in [5.74, 6) is 0.905. The van der Waals surface area contributed by atoms with Gasteiger partial charge in [0.2, 0.25) is 5.88 Å². The molecule has 2 aromatic carbocycles. The summed E-state index contributed by atoms with van der Waals surface area (Å²) in [7, 11) is 0. The first kappa shape index (κ1) is 19.8. The van der Waals surface area contributed by atoms with Gasteiger partial charge in [-0.1, -0.05) is 36.4 Å². The van der Waals surface area contributed by atoms with Crippen molar-refractivity contribution in [3.63, 3.8) is 0 Å². The van der Waals surface area contributed by atoms with Crippen LogP contribution in [0.15, 0.2) is 71.3 Å². The Morgan fingerprint density at radius 3 is 2.53 bits per heavy atom. The summed E-state index contributed by atoms with van der Waals surface area (Å²) in [4.78, 5) is 9.38. The molecular formula is C25H21FN4O2. The van der Waals surface area contributed by atoms with Gasteiger partial charge in [-0.25, -0.2) is 14.4 Å². The van der Waals surface area contributed by atoms with Crippen LogP contribution in [0.25, 0.3) is 16.9 Å². The monoisotopic (exact) mass is 428 g/mol. The normalized spacial score (nSPS) is 11.3. The molecule has 5 aromatic rings. The third-order valence-corrected chi connectivity index (χ3v) is 5.38. The van der Waals surface area contributed by atoms with Crippen LogP contribution in [0.2, 0.25) is 0 Å². The molecule has 0 aliphatic rings. The zero-order chi connectivity index (χ0) is 22.2. The van der Waals surface area contributed by atoms with Gasteiger partial charge in [0.25, 0.3) is 0 Å². The van der Waals surface area contributed by atoms with Crippen LogP contribution in [0, 0.1) is 12.7 Å². The number of aryl methyl sites for hydroxylation is 1. The van der Waals surface area contributed by atoms with Crippen molar-refractivity contribution in [1.82, 2.24) is 14.4 Å². The highest BCUT2D eigenvalue weighted by atomic mass is 19.1. The lowest BCUT2D eigenvalue weighted by Crippen LogP contribution is -2.02. The van der Waals surface area contributed by atoms with Gasteiger partial charge in [-0.15, -0.1) is 0 Å². The van der Waals surface area contributed by atoms with Gasteiger partial charge >= 0.3 is 0 Å². The number of aromatic hydroxyl groups is 1. The number of hydrogen-bond donors (Lipinski definition) is 2. The number of fused-ring (bicyclic) bond motifs is 1. The summed E-state index contributed by atoms with van der Waals surface area (Å²) >= 11 is 0. The summed E-state index contributed by atoms with van der Waals surface area (Å²) in [5.41, 5.74) is 9.05.